The Balaban J connectivity index is 1.48. The molecule has 1 amide bonds. The predicted octanol–water partition coefficient (Wildman–Crippen LogP) is 4.60. The van der Waals surface area contributed by atoms with Crippen LogP contribution in [0.1, 0.15) is 13.3 Å². The number of amides is 1. The maximum atomic E-state index is 12.8. The smallest absolute Gasteiger partial charge is 0.329 e. The van der Waals surface area contributed by atoms with Crippen molar-refractivity contribution in [1.82, 2.24) is 9.13 Å². The minimum atomic E-state index is -0.236. The van der Waals surface area contributed by atoms with Gasteiger partial charge in [-0.05, 0) is 55.0 Å². The Kier molecular flexibility index (Phi) is 5.66. The number of carbonyl (C=O) groups is 1. The van der Waals surface area contributed by atoms with Crippen molar-refractivity contribution in [1.29, 1.82) is 0 Å². The zero-order valence-corrected chi connectivity index (χ0v) is 16.8. The minimum Gasteiger partial charge on any atom is -0.356 e. The molecule has 30 heavy (non-hydrogen) atoms. The van der Waals surface area contributed by atoms with E-state index in [-0.39, 0.29) is 18.1 Å². The fourth-order valence-corrected chi connectivity index (χ4v) is 3.53. The summed E-state index contributed by atoms with van der Waals surface area (Å²) in [5.41, 5.74) is 4.08. The van der Waals surface area contributed by atoms with Crippen LogP contribution in [0.15, 0.2) is 83.7 Å². The molecule has 3 aromatic carbocycles. The van der Waals surface area contributed by atoms with Gasteiger partial charge in [0, 0.05) is 23.6 Å². The van der Waals surface area contributed by atoms with Crippen LogP contribution in [0.4, 0.5) is 17.1 Å². The molecule has 6 nitrogen and oxygen atoms in total. The number of aryl methyl sites for hydroxylation is 1. The van der Waals surface area contributed by atoms with Gasteiger partial charge >= 0.3 is 5.69 Å². The molecule has 0 saturated heterocycles. The van der Waals surface area contributed by atoms with Crippen LogP contribution in [-0.2, 0) is 17.9 Å². The van der Waals surface area contributed by atoms with E-state index in [9.17, 15) is 9.59 Å². The van der Waals surface area contributed by atoms with Crippen LogP contribution in [0.3, 0.4) is 0 Å². The van der Waals surface area contributed by atoms with E-state index >= 15 is 0 Å². The summed E-state index contributed by atoms with van der Waals surface area (Å²) in [6.45, 7) is 2.63. The van der Waals surface area contributed by atoms with Crippen molar-refractivity contribution in [2.45, 2.75) is 26.4 Å². The highest BCUT2D eigenvalue weighted by Gasteiger charge is 2.15. The highest BCUT2D eigenvalue weighted by molar-refractivity contribution is 5.91. The average molecular weight is 400 g/mol. The third kappa shape index (κ3) is 4.12. The van der Waals surface area contributed by atoms with Gasteiger partial charge < -0.3 is 10.6 Å². The summed E-state index contributed by atoms with van der Waals surface area (Å²) in [5, 5.41) is 6.18. The molecule has 152 valence electrons. The van der Waals surface area contributed by atoms with E-state index < -0.39 is 0 Å². The van der Waals surface area contributed by atoms with Gasteiger partial charge in [-0.2, -0.15) is 0 Å². The van der Waals surface area contributed by atoms with Gasteiger partial charge in [-0.25, -0.2) is 4.79 Å². The number of hydrogen-bond donors (Lipinski definition) is 2. The molecule has 0 bridgehead atoms. The van der Waals surface area contributed by atoms with Gasteiger partial charge in [-0.15, -0.1) is 0 Å². The first kappa shape index (κ1) is 19.5. The molecule has 6 heteroatoms. The number of nitrogens with one attached hydrogen (secondary N) is 2. The van der Waals surface area contributed by atoms with Crippen molar-refractivity contribution >= 4 is 34.0 Å². The number of benzene rings is 3. The van der Waals surface area contributed by atoms with Crippen molar-refractivity contribution in [3.63, 3.8) is 0 Å². The van der Waals surface area contributed by atoms with Gasteiger partial charge in [0.15, 0.2) is 0 Å². The van der Waals surface area contributed by atoms with E-state index in [2.05, 4.69) is 10.6 Å². The fraction of sp³-hybridized carbons (Fsp3) is 0.167. The van der Waals surface area contributed by atoms with E-state index in [0.717, 1.165) is 28.8 Å². The standard InChI is InChI=1S/C24H24N4O2/c1-2-16-27-21-10-6-7-11-22(21)28(24(27)30)17-23(29)26-20-14-12-19(13-15-20)25-18-8-4-3-5-9-18/h3-15,25H,2,16-17H2,1H3,(H,26,29). The summed E-state index contributed by atoms with van der Waals surface area (Å²) in [4.78, 5) is 25.4. The van der Waals surface area contributed by atoms with Gasteiger partial charge in [0.25, 0.3) is 0 Å². The molecule has 1 aromatic heterocycles. The second-order valence-electron chi connectivity index (χ2n) is 7.13. The SMILES string of the molecule is CCCn1c(=O)n(CC(=O)Nc2ccc(Nc3ccccc3)cc2)c2ccccc21. The van der Waals surface area contributed by atoms with Gasteiger partial charge in [-0.3, -0.25) is 13.9 Å². The molecule has 0 aliphatic heterocycles. The number of rotatable bonds is 7. The van der Waals surface area contributed by atoms with E-state index in [1.54, 1.807) is 4.57 Å². The summed E-state index contributed by atoms with van der Waals surface area (Å²) in [6.07, 6.45) is 0.851. The van der Waals surface area contributed by atoms with Crippen LogP contribution in [0, 0.1) is 0 Å². The Labute approximate surface area is 174 Å². The van der Waals surface area contributed by atoms with Crippen molar-refractivity contribution in [2.75, 3.05) is 10.6 Å². The predicted molar refractivity (Wildman–Crippen MR) is 121 cm³/mol. The molecular formula is C24H24N4O2. The average Bonchev–Trinajstić information content (AvgIpc) is 3.02. The number of anilines is 3. The summed E-state index contributed by atoms with van der Waals surface area (Å²) >= 11 is 0. The van der Waals surface area contributed by atoms with Crippen molar-refractivity contribution < 1.29 is 4.79 Å². The number of aromatic nitrogens is 2. The first-order chi connectivity index (χ1) is 14.7. The van der Waals surface area contributed by atoms with E-state index in [1.165, 1.54) is 4.57 Å². The van der Waals surface area contributed by atoms with Crippen molar-refractivity contribution in [2.24, 2.45) is 0 Å². The number of nitrogens with zero attached hydrogens (tertiary/aromatic N) is 2. The summed E-state index contributed by atoms with van der Waals surface area (Å²) < 4.78 is 3.26. The minimum absolute atomic E-state index is 0.0277. The molecule has 0 spiro atoms. The lowest BCUT2D eigenvalue weighted by Crippen LogP contribution is -2.29. The Hall–Kier alpha value is -3.80. The van der Waals surface area contributed by atoms with Crippen molar-refractivity contribution in [3.8, 4) is 0 Å². The second-order valence-corrected chi connectivity index (χ2v) is 7.13. The largest absolute Gasteiger partial charge is 0.356 e. The van der Waals surface area contributed by atoms with Gasteiger partial charge in [0.05, 0.1) is 11.0 Å². The lowest BCUT2D eigenvalue weighted by Gasteiger charge is -2.09. The van der Waals surface area contributed by atoms with Gasteiger partial charge in [0.1, 0.15) is 6.54 Å². The lowest BCUT2D eigenvalue weighted by molar-refractivity contribution is -0.116. The van der Waals surface area contributed by atoms with Crippen LogP contribution in [0.5, 0.6) is 0 Å². The molecular weight excluding hydrogens is 376 g/mol. The summed E-state index contributed by atoms with van der Waals surface area (Å²) in [7, 11) is 0. The topological polar surface area (TPSA) is 68.1 Å². The second kappa shape index (κ2) is 8.69. The molecule has 4 aromatic rings. The molecule has 0 aliphatic rings. The maximum absolute atomic E-state index is 12.8. The number of fused-ring (bicyclic) bond motifs is 1. The lowest BCUT2D eigenvalue weighted by atomic mass is 10.2. The molecule has 0 atom stereocenters. The monoisotopic (exact) mass is 400 g/mol. The Morgan fingerprint density at radius 2 is 1.33 bits per heavy atom. The molecule has 0 fully saturated rings. The molecule has 0 radical (unpaired) electrons. The zero-order valence-electron chi connectivity index (χ0n) is 16.8. The molecule has 2 N–H and O–H groups in total. The Bertz CT molecular complexity index is 1210. The quantitative estimate of drug-likeness (QED) is 0.477. The number of carbonyl (C=O) groups excluding carboxylic acids is 1. The number of hydrogen-bond acceptors (Lipinski definition) is 3. The molecule has 0 aliphatic carbocycles. The van der Waals surface area contributed by atoms with E-state index in [0.29, 0.717) is 12.2 Å². The zero-order chi connectivity index (χ0) is 20.9. The molecule has 0 saturated carbocycles. The van der Waals surface area contributed by atoms with Crippen LogP contribution in [0.25, 0.3) is 11.0 Å². The molecule has 1 heterocycles. The Morgan fingerprint density at radius 1 is 0.767 bits per heavy atom. The van der Waals surface area contributed by atoms with Crippen LogP contribution >= 0.6 is 0 Å². The Morgan fingerprint density at radius 3 is 2.00 bits per heavy atom. The molecule has 4 rings (SSSR count). The van der Waals surface area contributed by atoms with E-state index in [4.69, 9.17) is 0 Å². The maximum Gasteiger partial charge on any atom is 0.329 e. The first-order valence-electron chi connectivity index (χ1n) is 10.1. The normalized spacial score (nSPS) is 10.8. The summed E-state index contributed by atoms with van der Waals surface area (Å²) in [6, 6.07) is 24.9. The van der Waals surface area contributed by atoms with Crippen LogP contribution < -0.4 is 16.3 Å². The van der Waals surface area contributed by atoms with Gasteiger partial charge in [-0.1, -0.05) is 37.3 Å². The highest BCUT2D eigenvalue weighted by Crippen LogP contribution is 2.19. The highest BCUT2D eigenvalue weighted by atomic mass is 16.2. The fourth-order valence-electron chi connectivity index (χ4n) is 3.53. The van der Waals surface area contributed by atoms with Gasteiger partial charge in [0.2, 0.25) is 5.91 Å². The number of para-hydroxylation sites is 3. The van der Waals surface area contributed by atoms with Crippen LogP contribution in [-0.4, -0.2) is 15.0 Å². The third-order valence-electron chi connectivity index (χ3n) is 4.91. The van der Waals surface area contributed by atoms with Crippen LogP contribution in [0.2, 0.25) is 0 Å². The van der Waals surface area contributed by atoms with Crippen molar-refractivity contribution in [3.05, 3.63) is 89.3 Å². The van der Waals surface area contributed by atoms with E-state index in [1.807, 2.05) is 85.8 Å². The third-order valence-corrected chi connectivity index (χ3v) is 4.91. The first-order valence-corrected chi connectivity index (χ1v) is 10.1. The molecule has 0 unspecified atom stereocenters. The number of imidazole rings is 1. The summed E-state index contributed by atoms with van der Waals surface area (Å²) in [5.74, 6) is -0.236.